The molecule has 0 saturated heterocycles. The van der Waals surface area contributed by atoms with Crippen molar-refractivity contribution in [2.75, 3.05) is 11.1 Å². The van der Waals surface area contributed by atoms with E-state index in [1.54, 1.807) is 6.07 Å². The van der Waals surface area contributed by atoms with Crippen molar-refractivity contribution in [1.29, 1.82) is 0 Å². The molecular formula is C13H16N4. The highest BCUT2D eigenvalue weighted by atomic mass is 15.2. The Labute approximate surface area is 101 Å². The molecule has 0 amide bonds. The summed E-state index contributed by atoms with van der Waals surface area (Å²) in [5, 5.41) is 10.9. The summed E-state index contributed by atoms with van der Waals surface area (Å²) in [5.41, 5.74) is 8.04. The Balaban J connectivity index is 1.95. The van der Waals surface area contributed by atoms with E-state index in [1.807, 2.05) is 6.07 Å². The van der Waals surface area contributed by atoms with Gasteiger partial charge in [0.05, 0.1) is 0 Å². The molecule has 2 rings (SSSR count). The average molecular weight is 228 g/mol. The lowest BCUT2D eigenvalue weighted by molar-refractivity contribution is 1.01. The van der Waals surface area contributed by atoms with Crippen LogP contribution in [0.4, 0.5) is 11.6 Å². The number of anilines is 2. The Morgan fingerprint density at radius 2 is 1.71 bits per heavy atom. The maximum absolute atomic E-state index is 5.46. The summed E-state index contributed by atoms with van der Waals surface area (Å²) < 4.78 is 0. The Morgan fingerprint density at radius 3 is 2.29 bits per heavy atom. The zero-order valence-electron chi connectivity index (χ0n) is 9.85. The molecular weight excluding hydrogens is 212 g/mol. The number of nitrogens with zero attached hydrogens (tertiary/aromatic N) is 2. The third kappa shape index (κ3) is 3.17. The number of aromatic nitrogens is 2. The third-order valence-electron chi connectivity index (χ3n) is 2.59. The molecule has 3 N–H and O–H groups in total. The second kappa shape index (κ2) is 5.30. The van der Waals surface area contributed by atoms with Crippen molar-refractivity contribution in [2.24, 2.45) is 0 Å². The van der Waals surface area contributed by atoms with E-state index in [0.29, 0.717) is 5.82 Å². The van der Waals surface area contributed by atoms with Gasteiger partial charge in [-0.3, -0.25) is 0 Å². The van der Waals surface area contributed by atoms with Crippen molar-refractivity contribution in [3.05, 3.63) is 47.5 Å². The lowest BCUT2D eigenvalue weighted by atomic mass is 10.1. The monoisotopic (exact) mass is 228 g/mol. The van der Waals surface area contributed by atoms with Gasteiger partial charge in [0, 0.05) is 6.54 Å². The highest BCUT2D eigenvalue weighted by molar-refractivity contribution is 5.39. The van der Waals surface area contributed by atoms with Crippen LogP contribution in [0.2, 0.25) is 0 Å². The molecule has 0 fully saturated rings. The van der Waals surface area contributed by atoms with Crippen LogP contribution >= 0.6 is 0 Å². The van der Waals surface area contributed by atoms with Gasteiger partial charge in [0.15, 0.2) is 0 Å². The van der Waals surface area contributed by atoms with Gasteiger partial charge in [0.25, 0.3) is 0 Å². The van der Waals surface area contributed by atoms with Crippen molar-refractivity contribution in [3.63, 3.8) is 0 Å². The van der Waals surface area contributed by atoms with Crippen LogP contribution in [0, 0.1) is 0 Å². The number of nitrogen functional groups attached to an aromatic ring is 1. The zero-order valence-corrected chi connectivity index (χ0v) is 9.85. The summed E-state index contributed by atoms with van der Waals surface area (Å²) in [7, 11) is 0. The SMILES string of the molecule is CCc1ccc(CNc2ccc(N)nn2)cc1. The largest absolute Gasteiger partial charge is 0.382 e. The summed E-state index contributed by atoms with van der Waals surface area (Å²) in [6, 6.07) is 12.1. The van der Waals surface area contributed by atoms with Crippen LogP contribution in [0.5, 0.6) is 0 Å². The first kappa shape index (κ1) is 11.4. The van der Waals surface area contributed by atoms with E-state index >= 15 is 0 Å². The molecule has 1 aromatic carbocycles. The smallest absolute Gasteiger partial charge is 0.149 e. The van der Waals surface area contributed by atoms with E-state index in [4.69, 9.17) is 5.73 Å². The minimum Gasteiger partial charge on any atom is -0.382 e. The Bertz CT molecular complexity index is 462. The van der Waals surface area contributed by atoms with Gasteiger partial charge in [0.1, 0.15) is 11.6 Å². The number of hydrogen-bond donors (Lipinski definition) is 2. The molecule has 0 radical (unpaired) electrons. The maximum atomic E-state index is 5.46. The molecule has 88 valence electrons. The van der Waals surface area contributed by atoms with Gasteiger partial charge in [-0.25, -0.2) is 0 Å². The minimum atomic E-state index is 0.433. The van der Waals surface area contributed by atoms with Gasteiger partial charge in [0.2, 0.25) is 0 Å². The number of nitrogens with one attached hydrogen (secondary N) is 1. The van der Waals surface area contributed by atoms with E-state index in [2.05, 4.69) is 46.7 Å². The molecule has 0 bridgehead atoms. The van der Waals surface area contributed by atoms with Crippen molar-refractivity contribution in [2.45, 2.75) is 19.9 Å². The number of benzene rings is 1. The average Bonchev–Trinajstić information content (AvgIpc) is 2.39. The van der Waals surface area contributed by atoms with Crippen LogP contribution in [0.3, 0.4) is 0 Å². The molecule has 4 nitrogen and oxygen atoms in total. The lowest BCUT2D eigenvalue weighted by Gasteiger charge is -2.05. The Kier molecular flexibility index (Phi) is 3.55. The number of nitrogens with two attached hydrogens (primary N) is 1. The van der Waals surface area contributed by atoms with Crippen molar-refractivity contribution in [1.82, 2.24) is 10.2 Å². The minimum absolute atomic E-state index is 0.433. The van der Waals surface area contributed by atoms with Crippen molar-refractivity contribution in [3.8, 4) is 0 Å². The fourth-order valence-electron chi connectivity index (χ4n) is 1.52. The molecule has 0 aliphatic heterocycles. The highest BCUT2D eigenvalue weighted by Gasteiger charge is 1.96. The van der Waals surface area contributed by atoms with Crippen molar-refractivity contribution >= 4 is 11.6 Å². The first-order chi connectivity index (χ1) is 8.28. The maximum Gasteiger partial charge on any atom is 0.149 e. The third-order valence-corrected chi connectivity index (χ3v) is 2.59. The van der Waals surface area contributed by atoms with E-state index in [9.17, 15) is 0 Å². The topological polar surface area (TPSA) is 63.8 Å². The Morgan fingerprint density at radius 1 is 1.00 bits per heavy atom. The summed E-state index contributed by atoms with van der Waals surface area (Å²) in [5.74, 6) is 1.17. The second-order valence-corrected chi connectivity index (χ2v) is 3.87. The molecule has 0 aliphatic carbocycles. The van der Waals surface area contributed by atoms with Crippen LogP contribution in [-0.2, 0) is 13.0 Å². The summed E-state index contributed by atoms with van der Waals surface area (Å²) in [6.07, 6.45) is 1.07. The summed E-state index contributed by atoms with van der Waals surface area (Å²) in [6.45, 7) is 2.89. The standard InChI is InChI=1S/C13H16N4/c1-2-10-3-5-11(6-4-10)9-15-13-8-7-12(14)16-17-13/h3-8H,2,9H2,1H3,(H2,14,16)(H,15,17). The van der Waals surface area contributed by atoms with Gasteiger partial charge >= 0.3 is 0 Å². The van der Waals surface area contributed by atoms with Crippen LogP contribution in [0.15, 0.2) is 36.4 Å². The fraction of sp³-hybridized carbons (Fsp3) is 0.231. The molecule has 2 aromatic rings. The summed E-state index contributed by atoms with van der Waals surface area (Å²) >= 11 is 0. The number of aryl methyl sites for hydroxylation is 1. The number of hydrogen-bond acceptors (Lipinski definition) is 4. The van der Waals surface area contributed by atoms with Gasteiger partial charge in [-0.15, -0.1) is 10.2 Å². The van der Waals surface area contributed by atoms with E-state index in [1.165, 1.54) is 11.1 Å². The lowest BCUT2D eigenvalue weighted by Crippen LogP contribution is -2.03. The Hall–Kier alpha value is -2.10. The quantitative estimate of drug-likeness (QED) is 0.842. The first-order valence-corrected chi connectivity index (χ1v) is 5.69. The van der Waals surface area contributed by atoms with Gasteiger partial charge in [-0.05, 0) is 29.7 Å². The first-order valence-electron chi connectivity index (χ1n) is 5.69. The molecule has 0 aliphatic rings. The molecule has 0 saturated carbocycles. The highest BCUT2D eigenvalue weighted by Crippen LogP contribution is 2.08. The van der Waals surface area contributed by atoms with Crippen LogP contribution in [-0.4, -0.2) is 10.2 Å². The zero-order chi connectivity index (χ0) is 12.1. The second-order valence-electron chi connectivity index (χ2n) is 3.87. The number of rotatable bonds is 4. The van der Waals surface area contributed by atoms with Gasteiger partial charge in [-0.2, -0.15) is 0 Å². The molecule has 17 heavy (non-hydrogen) atoms. The van der Waals surface area contributed by atoms with Gasteiger partial charge in [-0.1, -0.05) is 31.2 Å². The van der Waals surface area contributed by atoms with Crippen molar-refractivity contribution < 1.29 is 0 Å². The molecule has 1 heterocycles. The predicted octanol–water partition coefficient (Wildman–Crippen LogP) is 2.23. The van der Waals surface area contributed by atoms with E-state index in [-0.39, 0.29) is 0 Å². The molecule has 4 heteroatoms. The summed E-state index contributed by atoms with van der Waals surface area (Å²) in [4.78, 5) is 0. The van der Waals surface area contributed by atoms with Crippen LogP contribution in [0.1, 0.15) is 18.1 Å². The molecule has 0 unspecified atom stereocenters. The fourth-order valence-corrected chi connectivity index (χ4v) is 1.52. The van der Waals surface area contributed by atoms with Crippen LogP contribution < -0.4 is 11.1 Å². The molecule has 0 spiro atoms. The van der Waals surface area contributed by atoms with Crippen LogP contribution in [0.25, 0.3) is 0 Å². The predicted molar refractivity (Wildman–Crippen MR) is 69.6 cm³/mol. The molecule has 0 atom stereocenters. The van der Waals surface area contributed by atoms with E-state index in [0.717, 1.165) is 18.8 Å². The van der Waals surface area contributed by atoms with E-state index < -0.39 is 0 Å². The van der Waals surface area contributed by atoms with Gasteiger partial charge < -0.3 is 11.1 Å². The molecule has 1 aromatic heterocycles. The normalized spacial score (nSPS) is 10.2.